The number of rotatable bonds is 6. The Balaban J connectivity index is 2.30. The van der Waals surface area contributed by atoms with E-state index in [2.05, 4.69) is 0 Å². The van der Waals surface area contributed by atoms with Crippen molar-refractivity contribution in [2.75, 3.05) is 12.0 Å². The van der Waals surface area contributed by atoms with Gasteiger partial charge in [-0.15, -0.1) is 0 Å². The third-order valence-corrected chi connectivity index (χ3v) is 5.70. The number of carbonyl (C=O) groups is 2. The summed E-state index contributed by atoms with van der Waals surface area (Å²) >= 11 is 7.98. The number of aliphatic carboxylic acids is 1. The first kappa shape index (κ1) is 19.0. The summed E-state index contributed by atoms with van der Waals surface area (Å²) in [5.41, 5.74) is 3.16. The molecule has 1 heterocycles. The van der Waals surface area contributed by atoms with Gasteiger partial charge in [-0.05, 0) is 49.5 Å². The molecule has 1 atom stereocenters. The molecule has 1 amide bonds. The van der Waals surface area contributed by atoms with Crippen LogP contribution in [0, 0.1) is 13.8 Å². The Bertz CT molecular complexity index is 715. The van der Waals surface area contributed by atoms with E-state index in [1.165, 1.54) is 16.7 Å². The van der Waals surface area contributed by atoms with Gasteiger partial charge in [0.2, 0.25) is 0 Å². The summed E-state index contributed by atoms with van der Waals surface area (Å²) in [5, 5.41) is 9.45. The van der Waals surface area contributed by atoms with Crippen LogP contribution in [0.4, 0.5) is 0 Å². The summed E-state index contributed by atoms with van der Waals surface area (Å²) in [7, 11) is 0. The van der Waals surface area contributed by atoms with E-state index in [1.807, 2.05) is 38.3 Å². The number of hydrogen-bond acceptors (Lipinski definition) is 5. The molecule has 0 saturated carbocycles. The van der Waals surface area contributed by atoms with Crippen molar-refractivity contribution in [2.24, 2.45) is 0 Å². The van der Waals surface area contributed by atoms with Gasteiger partial charge < -0.3 is 5.11 Å². The Morgan fingerprint density at radius 3 is 2.75 bits per heavy atom. The number of carbonyl (C=O) groups excluding carboxylic acids is 1. The standard InChI is InChI=1S/C17H19NO3S3/c1-10-4-5-12(11(2)8-10)9-14-15(19)18(17(22)24-14)13(16(20)21)6-7-23-3/h4-5,8-9,13H,6-7H2,1-3H3,(H,20,21)/b14-9+/t13-/m0/s1. The van der Waals surface area contributed by atoms with Crippen LogP contribution in [-0.2, 0) is 9.59 Å². The van der Waals surface area contributed by atoms with E-state index in [0.29, 0.717) is 21.4 Å². The molecule has 0 aliphatic carbocycles. The van der Waals surface area contributed by atoms with E-state index in [9.17, 15) is 14.7 Å². The third-order valence-electron chi connectivity index (χ3n) is 3.73. The highest BCUT2D eigenvalue weighted by Crippen LogP contribution is 2.35. The lowest BCUT2D eigenvalue weighted by Gasteiger charge is -2.22. The fourth-order valence-corrected chi connectivity index (χ4v) is 4.28. The lowest BCUT2D eigenvalue weighted by molar-refractivity contribution is -0.145. The SMILES string of the molecule is CSCC[C@@H](C(=O)O)N1C(=O)/C(=C\c2ccc(C)cc2C)SC1=S. The number of thiocarbonyl (C=S) groups is 1. The molecule has 1 aliphatic heterocycles. The smallest absolute Gasteiger partial charge is 0.326 e. The topological polar surface area (TPSA) is 57.6 Å². The van der Waals surface area contributed by atoms with Crippen molar-refractivity contribution in [2.45, 2.75) is 26.3 Å². The minimum atomic E-state index is -1.02. The number of amides is 1. The van der Waals surface area contributed by atoms with Crippen molar-refractivity contribution in [3.63, 3.8) is 0 Å². The fourth-order valence-electron chi connectivity index (χ4n) is 2.47. The van der Waals surface area contributed by atoms with E-state index in [1.54, 1.807) is 17.8 Å². The molecule has 0 aromatic heterocycles. The monoisotopic (exact) mass is 381 g/mol. The Hall–Kier alpha value is -1.31. The molecule has 0 radical (unpaired) electrons. The lowest BCUT2D eigenvalue weighted by atomic mass is 10.1. The molecule has 1 aliphatic rings. The summed E-state index contributed by atoms with van der Waals surface area (Å²) in [6.07, 6.45) is 4.07. The van der Waals surface area contributed by atoms with Crippen molar-refractivity contribution in [1.29, 1.82) is 0 Å². The predicted molar refractivity (Wildman–Crippen MR) is 105 cm³/mol. The minimum Gasteiger partial charge on any atom is -0.480 e. The Morgan fingerprint density at radius 1 is 1.46 bits per heavy atom. The molecule has 0 unspecified atom stereocenters. The molecule has 2 rings (SSSR count). The van der Waals surface area contributed by atoms with Gasteiger partial charge in [0.1, 0.15) is 10.4 Å². The Morgan fingerprint density at radius 2 is 2.17 bits per heavy atom. The second kappa shape index (κ2) is 8.18. The summed E-state index contributed by atoms with van der Waals surface area (Å²) in [6.45, 7) is 4.00. The number of thioether (sulfide) groups is 2. The predicted octanol–water partition coefficient (Wildman–Crippen LogP) is 3.71. The number of hydrogen-bond donors (Lipinski definition) is 1. The van der Waals surface area contributed by atoms with Gasteiger partial charge in [0.25, 0.3) is 5.91 Å². The fraction of sp³-hybridized carbons (Fsp3) is 0.353. The van der Waals surface area contributed by atoms with Crippen molar-refractivity contribution in [3.8, 4) is 0 Å². The minimum absolute atomic E-state index is 0.310. The third kappa shape index (κ3) is 4.20. The van der Waals surface area contributed by atoms with Crippen LogP contribution in [0.5, 0.6) is 0 Å². The summed E-state index contributed by atoms with van der Waals surface area (Å²) in [4.78, 5) is 26.0. The van der Waals surface area contributed by atoms with Gasteiger partial charge in [-0.2, -0.15) is 11.8 Å². The second-order valence-corrected chi connectivity index (χ2v) is 8.21. The highest BCUT2D eigenvalue weighted by atomic mass is 32.2. The largest absolute Gasteiger partial charge is 0.480 e. The maximum atomic E-state index is 12.7. The highest BCUT2D eigenvalue weighted by molar-refractivity contribution is 8.26. The molecular formula is C17H19NO3S3. The molecule has 1 aromatic rings. The molecule has 0 spiro atoms. The average Bonchev–Trinajstić information content (AvgIpc) is 2.78. The zero-order chi connectivity index (χ0) is 17.9. The first-order valence-electron chi connectivity index (χ1n) is 7.41. The highest BCUT2D eigenvalue weighted by Gasteiger charge is 2.40. The Kier molecular flexibility index (Phi) is 6.48. The summed E-state index contributed by atoms with van der Waals surface area (Å²) < 4.78 is 0.310. The lowest BCUT2D eigenvalue weighted by Crippen LogP contribution is -2.44. The molecular weight excluding hydrogens is 362 g/mol. The molecule has 0 bridgehead atoms. The van der Waals surface area contributed by atoms with Crippen molar-refractivity contribution in [3.05, 3.63) is 39.8 Å². The van der Waals surface area contributed by atoms with Gasteiger partial charge in [0, 0.05) is 0 Å². The maximum Gasteiger partial charge on any atom is 0.326 e. The van der Waals surface area contributed by atoms with Crippen LogP contribution in [0.2, 0.25) is 0 Å². The first-order valence-corrected chi connectivity index (χ1v) is 10.0. The van der Waals surface area contributed by atoms with Gasteiger partial charge in [0.05, 0.1) is 4.91 Å². The van der Waals surface area contributed by atoms with Crippen LogP contribution >= 0.6 is 35.7 Å². The zero-order valence-electron chi connectivity index (χ0n) is 13.7. The number of carboxylic acids is 1. The molecule has 4 nitrogen and oxygen atoms in total. The quantitative estimate of drug-likeness (QED) is 0.599. The van der Waals surface area contributed by atoms with E-state index in [0.717, 1.165) is 16.7 Å². The van der Waals surface area contributed by atoms with Crippen LogP contribution in [0.25, 0.3) is 6.08 Å². The van der Waals surface area contributed by atoms with Crippen LogP contribution in [0.1, 0.15) is 23.1 Å². The van der Waals surface area contributed by atoms with Crippen LogP contribution in [0.3, 0.4) is 0 Å². The zero-order valence-corrected chi connectivity index (χ0v) is 16.2. The van der Waals surface area contributed by atoms with E-state index >= 15 is 0 Å². The second-order valence-electron chi connectivity index (χ2n) is 5.55. The first-order chi connectivity index (χ1) is 11.3. The van der Waals surface area contributed by atoms with Gasteiger partial charge in [-0.1, -0.05) is 47.7 Å². The van der Waals surface area contributed by atoms with Crippen molar-refractivity contribution in [1.82, 2.24) is 4.90 Å². The molecule has 24 heavy (non-hydrogen) atoms. The molecule has 128 valence electrons. The number of aryl methyl sites for hydroxylation is 2. The molecule has 1 fully saturated rings. The van der Waals surface area contributed by atoms with Crippen LogP contribution in [0.15, 0.2) is 23.1 Å². The Labute approximate surface area is 155 Å². The van der Waals surface area contributed by atoms with E-state index in [-0.39, 0.29) is 5.91 Å². The number of carboxylic acid groups (broad SMARTS) is 1. The van der Waals surface area contributed by atoms with E-state index in [4.69, 9.17) is 12.2 Å². The number of benzene rings is 1. The number of nitrogens with zero attached hydrogens (tertiary/aromatic N) is 1. The average molecular weight is 382 g/mol. The van der Waals surface area contributed by atoms with Gasteiger partial charge in [-0.3, -0.25) is 9.69 Å². The normalized spacial score (nSPS) is 17.6. The van der Waals surface area contributed by atoms with Crippen LogP contribution in [-0.4, -0.2) is 44.3 Å². The molecule has 7 heteroatoms. The van der Waals surface area contributed by atoms with E-state index < -0.39 is 12.0 Å². The van der Waals surface area contributed by atoms with Gasteiger partial charge >= 0.3 is 5.97 Å². The van der Waals surface area contributed by atoms with Crippen molar-refractivity contribution >= 4 is 58.0 Å². The van der Waals surface area contributed by atoms with Crippen LogP contribution < -0.4 is 0 Å². The molecule has 1 N–H and O–H groups in total. The summed E-state index contributed by atoms with van der Waals surface area (Å²) in [6, 6.07) is 5.08. The summed E-state index contributed by atoms with van der Waals surface area (Å²) in [5.74, 6) is -0.684. The van der Waals surface area contributed by atoms with Gasteiger partial charge in [-0.25, -0.2) is 4.79 Å². The molecule has 1 saturated heterocycles. The maximum absolute atomic E-state index is 12.7. The van der Waals surface area contributed by atoms with Gasteiger partial charge in [0.15, 0.2) is 0 Å². The van der Waals surface area contributed by atoms with Crippen molar-refractivity contribution < 1.29 is 14.7 Å². The molecule has 1 aromatic carbocycles.